The van der Waals surface area contributed by atoms with Crippen LogP contribution in [0, 0.1) is 0 Å². The summed E-state index contributed by atoms with van der Waals surface area (Å²) in [7, 11) is 0. The lowest BCUT2D eigenvalue weighted by Gasteiger charge is -2.27. The van der Waals surface area contributed by atoms with E-state index in [1.54, 1.807) is 12.1 Å². The van der Waals surface area contributed by atoms with Crippen molar-refractivity contribution >= 4 is 16.9 Å². The average Bonchev–Trinajstić information content (AvgIpc) is 2.73. The van der Waals surface area contributed by atoms with Crippen LogP contribution < -0.4 is 5.32 Å². The third-order valence-corrected chi connectivity index (χ3v) is 4.36. The average molecular weight is 286 g/mol. The highest BCUT2D eigenvalue weighted by atomic mass is 16.4. The van der Waals surface area contributed by atoms with Gasteiger partial charge < -0.3 is 15.0 Å². The second kappa shape index (κ2) is 5.53. The smallest absolute Gasteiger partial charge is 0.335 e. The van der Waals surface area contributed by atoms with Crippen LogP contribution in [0.4, 0.5) is 0 Å². The number of benzene rings is 1. The number of fused-ring (bicyclic) bond motifs is 1. The summed E-state index contributed by atoms with van der Waals surface area (Å²) < 4.78 is 2.24. The Morgan fingerprint density at radius 2 is 2.14 bits per heavy atom. The fourth-order valence-electron chi connectivity index (χ4n) is 3.02. The number of aromatic carboxylic acids is 1. The van der Waals surface area contributed by atoms with Crippen molar-refractivity contribution in [3.8, 4) is 0 Å². The normalized spacial score (nSPS) is 15.6. The molecule has 3 rings (SSSR count). The number of aromatic nitrogens is 1. The Morgan fingerprint density at radius 3 is 2.71 bits per heavy atom. The molecule has 1 saturated carbocycles. The zero-order valence-corrected chi connectivity index (χ0v) is 12.6. The molecule has 0 bridgehead atoms. The Bertz CT molecular complexity index is 669. The minimum Gasteiger partial charge on any atom is -0.478 e. The lowest BCUT2D eigenvalue weighted by molar-refractivity contribution is 0.0697. The Hall–Kier alpha value is -1.81. The molecule has 1 fully saturated rings. The van der Waals surface area contributed by atoms with Crippen LogP contribution in [-0.2, 0) is 6.54 Å². The first-order valence-corrected chi connectivity index (χ1v) is 7.67. The Kier molecular flexibility index (Phi) is 3.72. The highest BCUT2D eigenvalue weighted by molar-refractivity contribution is 5.93. The van der Waals surface area contributed by atoms with Crippen molar-refractivity contribution in [2.24, 2.45) is 0 Å². The zero-order chi connectivity index (χ0) is 15.0. The summed E-state index contributed by atoms with van der Waals surface area (Å²) in [6.07, 6.45) is 3.86. The van der Waals surface area contributed by atoms with Gasteiger partial charge in [-0.1, -0.05) is 12.5 Å². The number of nitrogens with zero attached hydrogens (tertiary/aromatic N) is 1. The standard InChI is InChI=1S/C17H22N2O2/c1-11(2)19-15(10-18-14-4-3-5-14)8-12-6-7-13(17(20)21)9-16(12)19/h6-9,11,14,18H,3-5,10H2,1-2H3,(H,20,21). The number of carboxylic acid groups (broad SMARTS) is 1. The fourth-order valence-corrected chi connectivity index (χ4v) is 3.02. The summed E-state index contributed by atoms with van der Waals surface area (Å²) in [6.45, 7) is 5.12. The van der Waals surface area contributed by atoms with Gasteiger partial charge in [0.15, 0.2) is 0 Å². The van der Waals surface area contributed by atoms with E-state index in [4.69, 9.17) is 0 Å². The minimum atomic E-state index is -0.873. The molecule has 0 spiro atoms. The summed E-state index contributed by atoms with van der Waals surface area (Å²) in [5.74, 6) is -0.873. The van der Waals surface area contributed by atoms with Gasteiger partial charge in [0.05, 0.1) is 5.56 Å². The largest absolute Gasteiger partial charge is 0.478 e. The van der Waals surface area contributed by atoms with Gasteiger partial charge in [-0.25, -0.2) is 4.79 Å². The molecular weight excluding hydrogens is 264 g/mol. The highest BCUT2D eigenvalue weighted by Crippen LogP contribution is 2.26. The number of hydrogen-bond donors (Lipinski definition) is 2. The molecule has 1 aromatic heterocycles. The van der Waals surface area contributed by atoms with Gasteiger partial charge in [0, 0.05) is 29.8 Å². The van der Waals surface area contributed by atoms with E-state index < -0.39 is 5.97 Å². The van der Waals surface area contributed by atoms with Crippen molar-refractivity contribution in [3.05, 3.63) is 35.5 Å². The molecule has 2 aromatic rings. The van der Waals surface area contributed by atoms with E-state index in [-0.39, 0.29) is 0 Å². The van der Waals surface area contributed by atoms with Crippen molar-refractivity contribution in [2.75, 3.05) is 0 Å². The molecule has 0 unspecified atom stereocenters. The zero-order valence-electron chi connectivity index (χ0n) is 12.6. The molecular formula is C17H22N2O2. The molecule has 0 amide bonds. The summed E-state index contributed by atoms with van der Waals surface area (Å²) in [6, 6.07) is 8.50. The Morgan fingerprint density at radius 1 is 1.38 bits per heavy atom. The molecule has 0 aliphatic heterocycles. The second-order valence-electron chi connectivity index (χ2n) is 6.19. The summed E-state index contributed by atoms with van der Waals surface area (Å²) >= 11 is 0. The van der Waals surface area contributed by atoms with Gasteiger partial charge in [0.25, 0.3) is 0 Å². The maximum atomic E-state index is 11.2. The molecule has 0 radical (unpaired) electrons. The number of carboxylic acids is 1. The van der Waals surface area contributed by atoms with Crippen LogP contribution >= 0.6 is 0 Å². The third-order valence-electron chi connectivity index (χ3n) is 4.36. The lowest BCUT2D eigenvalue weighted by atomic mass is 9.93. The fraction of sp³-hybridized carbons (Fsp3) is 0.471. The van der Waals surface area contributed by atoms with Gasteiger partial charge >= 0.3 is 5.97 Å². The molecule has 21 heavy (non-hydrogen) atoms. The number of nitrogens with one attached hydrogen (secondary N) is 1. The van der Waals surface area contributed by atoms with Crippen LogP contribution in [0.1, 0.15) is 55.2 Å². The second-order valence-corrected chi connectivity index (χ2v) is 6.19. The molecule has 1 heterocycles. The van der Waals surface area contributed by atoms with Gasteiger partial charge in [-0.15, -0.1) is 0 Å². The quantitative estimate of drug-likeness (QED) is 0.883. The predicted octanol–water partition coefficient (Wildman–Crippen LogP) is 3.56. The summed E-state index contributed by atoms with van der Waals surface area (Å²) in [4.78, 5) is 11.2. The lowest BCUT2D eigenvalue weighted by Crippen LogP contribution is -2.35. The van der Waals surface area contributed by atoms with E-state index in [9.17, 15) is 9.90 Å². The maximum absolute atomic E-state index is 11.2. The van der Waals surface area contributed by atoms with E-state index in [0.717, 1.165) is 17.4 Å². The Balaban J connectivity index is 1.98. The molecule has 1 aliphatic rings. The van der Waals surface area contributed by atoms with Gasteiger partial charge in [-0.2, -0.15) is 0 Å². The van der Waals surface area contributed by atoms with Crippen LogP contribution in [0.5, 0.6) is 0 Å². The van der Waals surface area contributed by atoms with Crippen LogP contribution in [-0.4, -0.2) is 21.7 Å². The van der Waals surface area contributed by atoms with Crippen molar-refractivity contribution in [3.63, 3.8) is 0 Å². The minimum absolute atomic E-state index is 0.310. The molecule has 1 aliphatic carbocycles. The summed E-state index contributed by atoms with van der Waals surface area (Å²) in [5.41, 5.74) is 2.59. The third kappa shape index (κ3) is 2.68. The molecule has 2 N–H and O–H groups in total. The monoisotopic (exact) mass is 286 g/mol. The Labute approximate surface area is 124 Å². The molecule has 0 saturated heterocycles. The van der Waals surface area contributed by atoms with Crippen molar-refractivity contribution < 1.29 is 9.90 Å². The van der Waals surface area contributed by atoms with Crippen LogP contribution in [0.3, 0.4) is 0 Å². The molecule has 4 nitrogen and oxygen atoms in total. The van der Waals surface area contributed by atoms with Gasteiger partial charge in [0.2, 0.25) is 0 Å². The van der Waals surface area contributed by atoms with Crippen LogP contribution in [0.2, 0.25) is 0 Å². The van der Waals surface area contributed by atoms with Crippen LogP contribution in [0.25, 0.3) is 10.9 Å². The van der Waals surface area contributed by atoms with Crippen molar-refractivity contribution in [2.45, 2.75) is 51.7 Å². The first-order valence-electron chi connectivity index (χ1n) is 7.67. The number of hydrogen-bond acceptors (Lipinski definition) is 2. The molecule has 4 heteroatoms. The van der Waals surface area contributed by atoms with Gasteiger partial charge in [-0.3, -0.25) is 0 Å². The first kappa shape index (κ1) is 14.1. The van der Waals surface area contributed by atoms with Gasteiger partial charge in [-0.05, 0) is 50.3 Å². The molecule has 1 aromatic carbocycles. The number of carbonyl (C=O) groups is 1. The topological polar surface area (TPSA) is 54.3 Å². The van der Waals surface area contributed by atoms with Gasteiger partial charge in [0.1, 0.15) is 0 Å². The SMILES string of the molecule is CC(C)n1c(CNC2CCC2)cc2ccc(C(=O)O)cc21. The highest BCUT2D eigenvalue weighted by Gasteiger charge is 2.18. The van der Waals surface area contributed by atoms with Crippen molar-refractivity contribution in [1.29, 1.82) is 0 Å². The van der Waals surface area contributed by atoms with E-state index >= 15 is 0 Å². The predicted molar refractivity (Wildman–Crippen MR) is 83.8 cm³/mol. The van der Waals surface area contributed by atoms with E-state index in [2.05, 4.69) is 29.8 Å². The van der Waals surface area contributed by atoms with E-state index in [1.165, 1.54) is 25.0 Å². The van der Waals surface area contributed by atoms with Crippen LogP contribution in [0.15, 0.2) is 24.3 Å². The molecule has 112 valence electrons. The molecule has 0 atom stereocenters. The number of rotatable bonds is 5. The van der Waals surface area contributed by atoms with Crippen molar-refractivity contribution in [1.82, 2.24) is 9.88 Å². The first-order chi connectivity index (χ1) is 10.1. The summed E-state index contributed by atoms with van der Waals surface area (Å²) in [5, 5.41) is 13.9. The maximum Gasteiger partial charge on any atom is 0.335 e. The van der Waals surface area contributed by atoms with E-state index in [1.807, 2.05) is 6.07 Å². The van der Waals surface area contributed by atoms with E-state index in [0.29, 0.717) is 17.6 Å².